The molecule has 0 aliphatic carbocycles. The highest BCUT2D eigenvalue weighted by Gasteiger charge is 2.21. The van der Waals surface area contributed by atoms with E-state index in [-0.39, 0.29) is 5.69 Å². The maximum Gasteiger partial charge on any atom is 0.359 e. The van der Waals surface area contributed by atoms with Gasteiger partial charge in [0.25, 0.3) is 5.91 Å². The normalized spacial score (nSPS) is 11.8. The summed E-state index contributed by atoms with van der Waals surface area (Å²) in [5.41, 5.74) is 7.70. The van der Waals surface area contributed by atoms with E-state index in [9.17, 15) is 14.4 Å². The number of hydrogen-bond acceptors (Lipinski definition) is 5. The Bertz CT molecular complexity index is 1020. The van der Waals surface area contributed by atoms with E-state index >= 15 is 0 Å². The first-order chi connectivity index (χ1) is 12.8. The number of anilines is 1. The molecule has 2 aromatic heterocycles. The van der Waals surface area contributed by atoms with E-state index in [0.717, 1.165) is 5.56 Å². The number of rotatable bonds is 5. The van der Waals surface area contributed by atoms with Crippen LogP contribution in [-0.2, 0) is 9.53 Å². The second-order valence-electron chi connectivity index (χ2n) is 6.07. The van der Waals surface area contributed by atoms with Gasteiger partial charge in [-0.25, -0.2) is 9.78 Å². The van der Waals surface area contributed by atoms with Gasteiger partial charge >= 0.3 is 5.97 Å². The Morgan fingerprint density at radius 1 is 1.19 bits per heavy atom. The summed E-state index contributed by atoms with van der Waals surface area (Å²) in [6, 6.07) is 9.79. The maximum atomic E-state index is 12.3. The number of hydrogen-bond donors (Lipinski definition) is 2. The Morgan fingerprint density at radius 3 is 2.56 bits per heavy atom. The lowest BCUT2D eigenvalue weighted by Gasteiger charge is -2.12. The molecule has 0 bridgehead atoms. The number of aryl methyl sites for hydroxylation is 1. The molecular weight excluding hydrogens is 348 g/mol. The van der Waals surface area contributed by atoms with Gasteiger partial charge in [-0.05, 0) is 55.8 Å². The molecule has 138 valence electrons. The first-order valence-corrected chi connectivity index (χ1v) is 8.20. The predicted octanol–water partition coefficient (Wildman–Crippen LogP) is 1.93. The Hall–Kier alpha value is -3.68. The van der Waals surface area contributed by atoms with Crippen molar-refractivity contribution in [3.8, 4) is 0 Å². The summed E-state index contributed by atoms with van der Waals surface area (Å²) in [4.78, 5) is 39.7. The van der Waals surface area contributed by atoms with Crippen LogP contribution in [0.4, 0.5) is 5.69 Å². The number of carbonyl (C=O) groups excluding carboxylic acids is 3. The number of carbonyl (C=O) groups is 3. The molecule has 1 atom stereocenters. The number of primary amides is 1. The van der Waals surface area contributed by atoms with Crippen LogP contribution in [0.1, 0.15) is 33.3 Å². The molecule has 0 radical (unpaired) electrons. The molecular formula is C19H18N4O4. The standard InChI is InChI=1S/C19H18N4O4/c1-11-7-8-23-10-15(22-16(23)9-11)19(26)27-12(2)18(25)21-14-5-3-13(4-6-14)17(20)24/h3-10,12H,1-2H3,(H2,20,24)(H,21,25). The number of amides is 2. The van der Waals surface area contributed by atoms with Crippen LogP contribution in [0.5, 0.6) is 0 Å². The molecule has 1 unspecified atom stereocenters. The minimum Gasteiger partial charge on any atom is -0.448 e. The highest BCUT2D eigenvalue weighted by atomic mass is 16.5. The highest BCUT2D eigenvalue weighted by Crippen LogP contribution is 2.12. The summed E-state index contributed by atoms with van der Waals surface area (Å²) in [5, 5.41) is 2.60. The third-order valence-corrected chi connectivity index (χ3v) is 3.91. The van der Waals surface area contributed by atoms with Crippen molar-refractivity contribution in [2.24, 2.45) is 5.73 Å². The topological polar surface area (TPSA) is 116 Å². The monoisotopic (exact) mass is 366 g/mol. The number of nitrogens with one attached hydrogen (secondary N) is 1. The van der Waals surface area contributed by atoms with Crippen LogP contribution >= 0.6 is 0 Å². The maximum absolute atomic E-state index is 12.3. The van der Waals surface area contributed by atoms with E-state index in [0.29, 0.717) is 16.9 Å². The van der Waals surface area contributed by atoms with Crippen LogP contribution in [0.3, 0.4) is 0 Å². The molecule has 3 N–H and O–H groups in total. The summed E-state index contributed by atoms with van der Waals surface area (Å²) in [6.45, 7) is 3.39. The summed E-state index contributed by atoms with van der Waals surface area (Å²) >= 11 is 0. The fourth-order valence-corrected chi connectivity index (χ4v) is 2.42. The molecule has 3 rings (SSSR count). The Kier molecular flexibility index (Phi) is 4.89. The molecule has 0 aliphatic heterocycles. The number of nitrogens with zero attached hydrogens (tertiary/aromatic N) is 2. The van der Waals surface area contributed by atoms with Crippen molar-refractivity contribution >= 4 is 29.1 Å². The van der Waals surface area contributed by atoms with Crippen LogP contribution in [0.2, 0.25) is 0 Å². The third-order valence-electron chi connectivity index (χ3n) is 3.91. The minimum absolute atomic E-state index is 0.117. The van der Waals surface area contributed by atoms with Crippen molar-refractivity contribution in [2.75, 3.05) is 5.32 Å². The largest absolute Gasteiger partial charge is 0.448 e. The fourth-order valence-electron chi connectivity index (χ4n) is 2.42. The van der Waals surface area contributed by atoms with Gasteiger partial charge in [-0.2, -0.15) is 0 Å². The van der Waals surface area contributed by atoms with Crippen LogP contribution in [-0.4, -0.2) is 33.3 Å². The number of aromatic nitrogens is 2. The zero-order chi connectivity index (χ0) is 19.6. The second-order valence-corrected chi connectivity index (χ2v) is 6.07. The van der Waals surface area contributed by atoms with E-state index in [1.54, 1.807) is 16.8 Å². The van der Waals surface area contributed by atoms with Gasteiger partial charge in [-0.3, -0.25) is 9.59 Å². The van der Waals surface area contributed by atoms with Crippen LogP contribution in [0.25, 0.3) is 5.65 Å². The molecule has 0 saturated heterocycles. The second kappa shape index (κ2) is 7.28. The number of nitrogens with two attached hydrogens (primary N) is 1. The van der Waals surface area contributed by atoms with Gasteiger partial charge in [-0.1, -0.05) is 0 Å². The number of benzene rings is 1. The number of fused-ring (bicyclic) bond motifs is 1. The van der Waals surface area contributed by atoms with Crippen molar-refractivity contribution in [1.82, 2.24) is 9.38 Å². The fraction of sp³-hybridized carbons (Fsp3) is 0.158. The lowest BCUT2D eigenvalue weighted by Crippen LogP contribution is -2.30. The summed E-state index contributed by atoms with van der Waals surface area (Å²) in [7, 11) is 0. The van der Waals surface area contributed by atoms with E-state index in [2.05, 4.69) is 10.3 Å². The number of pyridine rings is 1. The summed E-state index contributed by atoms with van der Waals surface area (Å²) < 4.78 is 6.89. The molecule has 8 nitrogen and oxygen atoms in total. The van der Waals surface area contributed by atoms with Gasteiger partial charge in [-0.15, -0.1) is 0 Å². The summed E-state index contributed by atoms with van der Waals surface area (Å²) in [5.74, 6) is -1.75. The zero-order valence-electron chi connectivity index (χ0n) is 14.8. The van der Waals surface area contributed by atoms with Crippen LogP contribution in [0.15, 0.2) is 48.8 Å². The van der Waals surface area contributed by atoms with Gasteiger partial charge < -0.3 is 20.2 Å². The molecule has 1 aromatic carbocycles. The third kappa shape index (κ3) is 4.12. The first kappa shape index (κ1) is 18.1. The Balaban J connectivity index is 1.64. The lowest BCUT2D eigenvalue weighted by molar-refractivity contribution is -0.123. The Morgan fingerprint density at radius 2 is 1.89 bits per heavy atom. The van der Waals surface area contributed by atoms with Crippen molar-refractivity contribution in [3.63, 3.8) is 0 Å². The first-order valence-electron chi connectivity index (χ1n) is 8.20. The van der Waals surface area contributed by atoms with Gasteiger partial charge in [0.1, 0.15) is 5.65 Å². The van der Waals surface area contributed by atoms with E-state index < -0.39 is 23.9 Å². The molecule has 0 fully saturated rings. The predicted molar refractivity (Wildman–Crippen MR) is 98.4 cm³/mol. The average molecular weight is 366 g/mol. The number of ether oxygens (including phenoxy) is 1. The minimum atomic E-state index is -1.03. The van der Waals surface area contributed by atoms with Crippen molar-refractivity contribution in [3.05, 3.63) is 65.6 Å². The van der Waals surface area contributed by atoms with Gasteiger partial charge in [0, 0.05) is 23.6 Å². The molecule has 8 heteroatoms. The molecule has 0 spiro atoms. The zero-order valence-corrected chi connectivity index (χ0v) is 14.8. The van der Waals surface area contributed by atoms with Crippen molar-refractivity contribution in [2.45, 2.75) is 20.0 Å². The van der Waals surface area contributed by atoms with E-state index in [1.165, 1.54) is 31.2 Å². The van der Waals surface area contributed by atoms with E-state index in [1.807, 2.05) is 19.1 Å². The van der Waals surface area contributed by atoms with Crippen LogP contribution in [0, 0.1) is 6.92 Å². The van der Waals surface area contributed by atoms with Crippen LogP contribution < -0.4 is 11.1 Å². The SMILES string of the molecule is Cc1ccn2cc(C(=O)OC(C)C(=O)Nc3ccc(C(N)=O)cc3)nc2c1. The molecule has 3 aromatic rings. The number of esters is 1. The Labute approximate surface area is 155 Å². The molecule has 2 amide bonds. The van der Waals surface area contributed by atoms with Crippen molar-refractivity contribution in [1.29, 1.82) is 0 Å². The van der Waals surface area contributed by atoms with E-state index in [4.69, 9.17) is 10.5 Å². The lowest BCUT2D eigenvalue weighted by atomic mass is 10.2. The quantitative estimate of drug-likeness (QED) is 0.669. The van der Waals surface area contributed by atoms with Gasteiger partial charge in [0.15, 0.2) is 11.8 Å². The molecule has 27 heavy (non-hydrogen) atoms. The number of imidazole rings is 1. The highest BCUT2D eigenvalue weighted by molar-refractivity contribution is 5.98. The smallest absolute Gasteiger partial charge is 0.359 e. The molecule has 2 heterocycles. The molecule has 0 saturated carbocycles. The van der Waals surface area contributed by atoms with Gasteiger partial charge in [0.05, 0.1) is 0 Å². The average Bonchev–Trinajstić information content (AvgIpc) is 3.05. The summed E-state index contributed by atoms with van der Waals surface area (Å²) in [6.07, 6.45) is 2.31. The van der Waals surface area contributed by atoms with Gasteiger partial charge in [0.2, 0.25) is 5.91 Å². The van der Waals surface area contributed by atoms with Crippen molar-refractivity contribution < 1.29 is 19.1 Å². The molecule has 0 aliphatic rings.